The maximum atomic E-state index is 2.47. The third-order valence-corrected chi connectivity index (χ3v) is 15.4. The Morgan fingerprint density at radius 1 is 0.137 bits per heavy atom. The third-order valence-electron chi connectivity index (χ3n) is 15.4. The Hall–Kier alpha value is -9.36. The first-order valence-electron chi connectivity index (χ1n) is 25.4. The van der Waals surface area contributed by atoms with Crippen LogP contribution in [0.25, 0.3) is 111 Å². The molecule has 0 atom stereocenters. The summed E-state index contributed by atoms with van der Waals surface area (Å²) in [5.41, 5.74) is 29.3. The van der Waals surface area contributed by atoms with Crippen LogP contribution >= 0.6 is 0 Å². The van der Waals surface area contributed by atoms with Crippen LogP contribution in [0.15, 0.2) is 291 Å². The molecular weight excluding hydrogens is 877 g/mol. The fraction of sp³-hybridized carbons (Fsp3) is 0.0137. The van der Waals surface area contributed by atoms with E-state index in [4.69, 9.17) is 0 Å². The van der Waals surface area contributed by atoms with E-state index in [1.165, 1.54) is 134 Å². The first kappa shape index (κ1) is 42.5. The maximum Gasteiger partial charge on any atom is 0.0725 e. The molecule has 0 radical (unpaired) electrons. The molecule has 0 saturated carbocycles. The number of fused-ring (bicyclic) bond motifs is 10. The number of hydrogen-bond acceptors (Lipinski definition) is 0. The normalized spacial score (nSPS) is 12.5. The van der Waals surface area contributed by atoms with Crippen molar-refractivity contribution in [2.45, 2.75) is 5.41 Å². The zero-order valence-corrected chi connectivity index (χ0v) is 40.2. The molecule has 0 heterocycles. The Balaban J connectivity index is 0.918. The molecule has 1 spiro atoms. The van der Waals surface area contributed by atoms with E-state index in [1.54, 1.807) is 0 Å². The highest BCUT2D eigenvalue weighted by molar-refractivity contribution is 5.98. The van der Waals surface area contributed by atoms with Gasteiger partial charge in [0.15, 0.2) is 0 Å². The largest absolute Gasteiger partial charge is 0.0725 e. The van der Waals surface area contributed by atoms with E-state index in [0.717, 1.165) is 0 Å². The van der Waals surface area contributed by atoms with Gasteiger partial charge >= 0.3 is 0 Å². The Kier molecular flexibility index (Phi) is 10.2. The average molecular weight is 925 g/mol. The summed E-state index contributed by atoms with van der Waals surface area (Å²) in [6.07, 6.45) is 0. The minimum absolute atomic E-state index is 0.448. The highest BCUT2D eigenvalue weighted by Gasteiger charge is 2.51. The zero-order chi connectivity index (χ0) is 48.3. The summed E-state index contributed by atoms with van der Waals surface area (Å²) in [5.74, 6) is 0. The van der Waals surface area contributed by atoms with Crippen LogP contribution in [0.2, 0.25) is 0 Å². The van der Waals surface area contributed by atoms with Gasteiger partial charge in [-0.2, -0.15) is 0 Å². The predicted molar refractivity (Wildman–Crippen MR) is 306 cm³/mol. The van der Waals surface area contributed by atoms with Crippen LogP contribution in [0.5, 0.6) is 0 Å². The number of hydrogen-bond donors (Lipinski definition) is 0. The van der Waals surface area contributed by atoms with E-state index in [-0.39, 0.29) is 0 Å². The zero-order valence-electron chi connectivity index (χ0n) is 40.2. The molecule has 2 aliphatic rings. The van der Waals surface area contributed by atoms with E-state index in [0.29, 0.717) is 0 Å². The van der Waals surface area contributed by atoms with Crippen LogP contribution in [-0.2, 0) is 5.41 Å². The molecular formula is C73H48. The minimum Gasteiger partial charge on any atom is -0.0622 e. The molecule has 340 valence electrons. The first-order valence-corrected chi connectivity index (χ1v) is 25.4. The first-order chi connectivity index (χ1) is 36.2. The summed E-state index contributed by atoms with van der Waals surface area (Å²) in [6.45, 7) is 0. The van der Waals surface area contributed by atoms with Gasteiger partial charge in [0.2, 0.25) is 0 Å². The lowest BCUT2D eigenvalue weighted by Crippen LogP contribution is -2.25. The van der Waals surface area contributed by atoms with Crippen molar-refractivity contribution in [1.29, 1.82) is 0 Å². The molecule has 0 heteroatoms. The number of rotatable bonds is 8. The average Bonchev–Trinajstić information content (AvgIpc) is 3.99. The fourth-order valence-corrected chi connectivity index (χ4v) is 12.0. The van der Waals surface area contributed by atoms with Crippen LogP contribution in [0.3, 0.4) is 0 Å². The smallest absolute Gasteiger partial charge is 0.0622 e. The molecule has 2 aliphatic carbocycles. The standard InChI is InChI=1S/C73H48/c1-5-19-49(20-6-1)59-41-60(50-21-7-2-8-22-50)44-63(43-59)55-29-17-27-53(39-55)57-35-37-71-67(47-57)68-48-58(36-38-72(68)73(71)69-33-15-13-31-65(69)66-32-14-16-34-70(66)73)54-28-18-30-56(40-54)64-45-61(51-23-9-3-10-24-51)42-62(46-64)52-25-11-4-12-26-52/h1-48H. The van der Waals surface area contributed by atoms with Gasteiger partial charge in [-0.3, -0.25) is 0 Å². The molecule has 12 aromatic carbocycles. The second-order valence-corrected chi connectivity index (χ2v) is 19.6. The van der Waals surface area contributed by atoms with E-state index < -0.39 is 5.41 Å². The van der Waals surface area contributed by atoms with Crippen LogP contribution in [-0.4, -0.2) is 0 Å². The lowest BCUT2D eigenvalue weighted by molar-refractivity contribution is 0.794. The highest BCUT2D eigenvalue weighted by Crippen LogP contribution is 2.63. The van der Waals surface area contributed by atoms with Gasteiger partial charge in [-0.1, -0.05) is 231 Å². The Morgan fingerprint density at radius 2 is 0.370 bits per heavy atom. The van der Waals surface area contributed by atoms with Crippen molar-refractivity contribution in [1.82, 2.24) is 0 Å². The van der Waals surface area contributed by atoms with Gasteiger partial charge in [0.05, 0.1) is 5.41 Å². The molecule has 0 amide bonds. The van der Waals surface area contributed by atoms with Gasteiger partial charge in [0.1, 0.15) is 0 Å². The van der Waals surface area contributed by atoms with Gasteiger partial charge in [-0.25, -0.2) is 0 Å². The molecule has 0 N–H and O–H groups in total. The predicted octanol–water partition coefficient (Wildman–Crippen LogP) is 19.4. The second-order valence-electron chi connectivity index (χ2n) is 19.6. The quantitative estimate of drug-likeness (QED) is 0.142. The SMILES string of the molecule is c1ccc(-c2cc(-c3ccccc3)cc(-c3cccc(-c4ccc5c(c4)-c4cc(-c6cccc(-c7cc(-c8ccccc8)cc(-c8ccccc8)c7)c6)ccc4C54c5ccccc5-c5ccccc54)c3)c2)cc1. The van der Waals surface area contributed by atoms with Gasteiger partial charge in [-0.05, 0) is 194 Å². The van der Waals surface area contributed by atoms with E-state index >= 15 is 0 Å². The van der Waals surface area contributed by atoms with Gasteiger partial charge in [-0.15, -0.1) is 0 Å². The summed E-state index contributed by atoms with van der Waals surface area (Å²) in [4.78, 5) is 0. The van der Waals surface area contributed by atoms with Crippen molar-refractivity contribution in [2.24, 2.45) is 0 Å². The lowest BCUT2D eigenvalue weighted by atomic mass is 9.70. The molecule has 0 nitrogen and oxygen atoms in total. The highest BCUT2D eigenvalue weighted by atomic mass is 14.5. The van der Waals surface area contributed by atoms with Crippen molar-refractivity contribution in [3.63, 3.8) is 0 Å². The van der Waals surface area contributed by atoms with Crippen molar-refractivity contribution < 1.29 is 0 Å². The molecule has 73 heavy (non-hydrogen) atoms. The second kappa shape index (κ2) is 17.5. The third kappa shape index (κ3) is 7.22. The van der Waals surface area contributed by atoms with Gasteiger partial charge < -0.3 is 0 Å². The maximum absolute atomic E-state index is 2.47. The molecule has 0 aromatic heterocycles. The van der Waals surface area contributed by atoms with E-state index in [1.807, 2.05) is 0 Å². The Morgan fingerprint density at radius 3 is 0.712 bits per heavy atom. The summed E-state index contributed by atoms with van der Waals surface area (Å²) >= 11 is 0. The Labute approximate surface area is 427 Å². The summed E-state index contributed by atoms with van der Waals surface area (Å²) < 4.78 is 0. The molecule has 0 aliphatic heterocycles. The van der Waals surface area contributed by atoms with Crippen LogP contribution in [0.4, 0.5) is 0 Å². The van der Waals surface area contributed by atoms with Crippen LogP contribution in [0.1, 0.15) is 22.3 Å². The van der Waals surface area contributed by atoms with Crippen molar-refractivity contribution in [2.75, 3.05) is 0 Å². The minimum atomic E-state index is -0.448. The molecule has 0 fully saturated rings. The lowest BCUT2D eigenvalue weighted by Gasteiger charge is -2.30. The molecule has 0 bridgehead atoms. The topological polar surface area (TPSA) is 0 Å². The van der Waals surface area contributed by atoms with E-state index in [9.17, 15) is 0 Å². The van der Waals surface area contributed by atoms with Crippen LogP contribution < -0.4 is 0 Å². The molecule has 12 aromatic rings. The van der Waals surface area contributed by atoms with Crippen molar-refractivity contribution in [3.8, 4) is 111 Å². The fourth-order valence-electron chi connectivity index (χ4n) is 12.0. The summed E-state index contributed by atoms with van der Waals surface area (Å²) in [7, 11) is 0. The van der Waals surface area contributed by atoms with Gasteiger partial charge in [0, 0.05) is 0 Å². The van der Waals surface area contributed by atoms with Gasteiger partial charge in [0.25, 0.3) is 0 Å². The number of benzene rings is 12. The monoisotopic (exact) mass is 924 g/mol. The Bertz CT molecular complexity index is 3670. The van der Waals surface area contributed by atoms with Crippen molar-refractivity contribution in [3.05, 3.63) is 313 Å². The van der Waals surface area contributed by atoms with Crippen molar-refractivity contribution >= 4 is 0 Å². The molecule has 0 saturated heterocycles. The molecule has 14 rings (SSSR count). The summed E-state index contributed by atoms with van der Waals surface area (Å²) in [5, 5.41) is 0. The van der Waals surface area contributed by atoms with Crippen LogP contribution in [0, 0.1) is 0 Å². The summed E-state index contributed by atoms with van der Waals surface area (Å²) in [6, 6.07) is 108. The van der Waals surface area contributed by atoms with E-state index in [2.05, 4.69) is 291 Å². The molecule has 0 unspecified atom stereocenters.